The minimum atomic E-state index is -0.00130. The first kappa shape index (κ1) is 16.1. The molecule has 4 heterocycles. The summed E-state index contributed by atoms with van der Waals surface area (Å²) in [4.78, 5) is 29.2. The number of pyridine rings is 1. The maximum atomic E-state index is 12.4. The van der Waals surface area contributed by atoms with Crippen LogP contribution in [0.4, 0.5) is 17.5 Å². The van der Waals surface area contributed by atoms with Crippen LogP contribution in [0.1, 0.15) is 10.4 Å². The first-order chi connectivity index (χ1) is 12.8. The van der Waals surface area contributed by atoms with Crippen molar-refractivity contribution >= 4 is 23.4 Å². The van der Waals surface area contributed by atoms with Gasteiger partial charge < -0.3 is 19.5 Å². The van der Waals surface area contributed by atoms with E-state index in [0.29, 0.717) is 37.6 Å². The van der Waals surface area contributed by atoms with Crippen LogP contribution >= 0.6 is 0 Å². The normalized spacial score (nSPS) is 14.3. The van der Waals surface area contributed by atoms with Gasteiger partial charge in [0.15, 0.2) is 0 Å². The molecule has 0 unspecified atom stereocenters. The van der Waals surface area contributed by atoms with Gasteiger partial charge in [-0.3, -0.25) is 4.79 Å². The molecule has 0 radical (unpaired) electrons. The van der Waals surface area contributed by atoms with Gasteiger partial charge in [0.2, 0.25) is 0 Å². The van der Waals surface area contributed by atoms with Gasteiger partial charge in [0.1, 0.15) is 30.0 Å². The standard InChI is InChI=1S/C18H18N6O2/c25-18(14-4-10-26-12-14)24-8-6-23(7-9-24)17-11-16(20-13-21-17)22-15-3-1-2-5-19-15/h1-5,10-13H,6-9H2,(H,19,20,21,22). The lowest BCUT2D eigenvalue weighted by atomic mass is 10.2. The molecule has 26 heavy (non-hydrogen) atoms. The summed E-state index contributed by atoms with van der Waals surface area (Å²) < 4.78 is 4.99. The van der Waals surface area contributed by atoms with Gasteiger partial charge in [0, 0.05) is 38.4 Å². The van der Waals surface area contributed by atoms with E-state index in [1.807, 2.05) is 29.2 Å². The highest BCUT2D eigenvalue weighted by molar-refractivity contribution is 5.94. The van der Waals surface area contributed by atoms with E-state index in [4.69, 9.17) is 4.42 Å². The second-order valence-electron chi connectivity index (χ2n) is 5.89. The number of rotatable bonds is 4. The molecule has 0 spiro atoms. The third kappa shape index (κ3) is 3.49. The Morgan fingerprint density at radius 3 is 2.65 bits per heavy atom. The number of carbonyl (C=O) groups excluding carboxylic acids is 1. The number of nitrogens with zero attached hydrogens (tertiary/aromatic N) is 5. The Morgan fingerprint density at radius 2 is 1.92 bits per heavy atom. The average molecular weight is 350 g/mol. The summed E-state index contributed by atoms with van der Waals surface area (Å²) in [5.74, 6) is 2.24. The third-order valence-electron chi connectivity index (χ3n) is 4.23. The first-order valence-corrected chi connectivity index (χ1v) is 8.36. The summed E-state index contributed by atoms with van der Waals surface area (Å²) in [7, 11) is 0. The molecule has 3 aromatic rings. The number of amides is 1. The molecule has 0 bridgehead atoms. The van der Waals surface area contributed by atoms with Crippen molar-refractivity contribution in [2.45, 2.75) is 0 Å². The minimum absolute atomic E-state index is 0.00130. The fourth-order valence-corrected chi connectivity index (χ4v) is 2.86. The number of furan rings is 1. The van der Waals surface area contributed by atoms with Crippen LogP contribution in [-0.2, 0) is 0 Å². The van der Waals surface area contributed by atoms with E-state index in [9.17, 15) is 4.79 Å². The second kappa shape index (κ2) is 7.22. The van der Waals surface area contributed by atoms with Gasteiger partial charge in [-0.05, 0) is 18.2 Å². The van der Waals surface area contributed by atoms with Crippen LogP contribution in [0.2, 0.25) is 0 Å². The molecule has 1 aliphatic rings. The Hall–Kier alpha value is -3.42. The maximum Gasteiger partial charge on any atom is 0.257 e. The number of piperazine rings is 1. The van der Waals surface area contributed by atoms with Gasteiger partial charge in [-0.1, -0.05) is 6.07 Å². The monoisotopic (exact) mass is 350 g/mol. The molecule has 0 atom stereocenters. The summed E-state index contributed by atoms with van der Waals surface area (Å²) in [6.45, 7) is 2.70. The van der Waals surface area contributed by atoms with E-state index in [1.54, 1.807) is 12.3 Å². The van der Waals surface area contributed by atoms with Crippen molar-refractivity contribution in [3.63, 3.8) is 0 Å². The molecule has 132 valence electrons. The van der Waals surface area contributed by atoms with E-state index >= 15 is 0 Å². The van der Waals surface area contributed by atoms with Crippen molar-refractivity contribution in [1.82, 2.24) is 19.9 Å². The Kier molecular flexibility index (Phi) is 4.46. The van der Waals surface area contributed by atoms with E-state index in [-0.39, 0.29) is 5.91 Å². The zero-order valence-electron chi connectivity index (χ0n) is 14.1. The molecule has 0 aliphatic carbocycles. The van der Waals surface area contributed by atoms with Crippen LogP contribution < -0.4 is 10.2 Å². The number of carbonyl (C=O) groups is 1. The fraction of sp³-hybridized carbons (Fsp3) is 0.222. The van der Waals surface area contributed by atoms with Crippen molar-refractivity contribution in [3.05, 3.63) is 60.9 Å². The van der Waals surface area contributed by atoms with Crippen molar-refractivity contribution in [2.24, 2.45) is 0 Å². The summed E-state index contributed by atoms with van der Waals surface area (Å²) >= 11 is 0. The molecule has 0 aromatic carbocycles. The minimum Gasteiger partial charge on any atom is -0.472 e. The van der Waals surface area contributed by atoms with Crippen LogP contribution in [0, 0.1) is 0 Å². The van der Waals surface area contributed by atoms with E-state index in [0.717, 1.165) is 11.6 Å². The van der Waals surface area contributed by atoms with Crippen molar-refractivity contribution in [1.29, 1.82) is 0 Å². The molecular formula is C18H18N6O2. The molecule has 1 amide bonds. The Labute approximate surface area is 150 Å². The van der Waals surface area contributed by atoms with Gasteiger partial charge in [-0.25, -0.2) is 15.0 Å². The third-order valence-corrected chi connectivity index (χ3v) is 4.23. The van der Waals surface area contributed by atoms with E-state index < -0.39 is 0 Å². The molecule has 8 heteroatoms. The van der Waals surface area contributed by atoms with Gasteiger partial charge in [0.05, 0.1) is 11.8 Å². The quantitative estimate of drug-likeness (QED) is 0.771. The van der Waals surface area contributed by atoms with Crippen molar-refractivity contribution < 1.29 is 9.21 Å². The lowest BCUT2D eigenvalue weighted by Gasteiger charge is -2.35. The first-order valence-electron chi connectivity index (χ1n) is 8.36. The average Bonchev–Trinajstić information content (AvgIpc) is 3.23. The van der Waals surface area contributed by atoms with Crippen LogP contribution in [-0.4, -0.2) is 51.9 Å². The fourth-order valence-electron chi connectivity index (χ4n) is 2.86. The predicted molar refractivity (Wildman–Crippen MR) is 96.4 cm³/mol. The molecule has 1 saturated heterocycles. The van der Waals surface area contributed by atoms with Crippen LogP contribution in [0.3, 0.4) is 0 Å². The molecule has 8 nitrogen and oxygen atoms in total. The summed E-state index contributed by atoms with van der Waals surface area (Å²) in [5.41, 5.74) is 0.585. The van der Waals surface area contributed by atoms with Crippen LogP contribution in [0.25, 0.3) is 0 Å². The largest absolute Gasteiger partial charge is 0.472 e. The second-order valence-corrected chi connectivity index (χ2v) is 5.89. The highest BCUT2D eigenvalue weighted by Gasteiger charge is 2.23. The molecule has 4 rings (SSSR count). The van der Waals surface area contributed by atoms with Crippen LogP contribution in [0.5, 0.6) is 0 Å². The summed E-state index contributed by atoms with van der Waals surface area (Å²) in [6.07, 6.45) is 6.25. The van der Waals surface area contributed by atoms with Gasteiger partial charge in [-0.15, -0.1) is 0 Å². The smallest absolute Gasteiger partial charge is 0.257 e. The van der Waals surface area contributed by atoms with Gasteiger partial charge in [0.25, 0.3) is 5.91 Å². The SMILES string of the molecule is O=C(c1ccoc1)N1CCN(c2cc(Nc3ccccn3)ncn2)CC1. The summed E-state index contributed by atoms with van der Waals surface area (Å²) in [6, 6.07) is 9.23. The Bertz CT molecular complexity index is 860. The lowest BCUT2D eigenvalue weighted by Crippen LogP contribution is -2.49. The number of nitrogens with one attached hydrogen (secondary N) is 1. The topological polar surface area (TPSA) is 87.4 Å². The zero-order valence-corrected chi connectivity index (χ0v) is 14.1. The van der Waals surface area contributed by atoms with Crippen molar-refractivity contribution in [3.8, 4) is 0 Å². The molecular weight excluding hydrogens is 332 g/mol. The number of aromatic nitrogens is 3. The Balaban J connectivity index is 1.40. The Morgan fingerprint density at radius 1 is 1.04 bits per heavy atom. The summed E-state index contributed by atoms with van der Waals surface area (Å²) in [5, 5.41) is 3.17. The van der Waals surface area contributed by atoms with Crippen LogP contribution in [0.15, 0.2) is 59.8 Å². The molecule has 3 aromatic heterocycles. The van der Waals surface area contributed by atoms with E-state index in [1.165, 1.54) is 18.9 Å². The zero-order chi connectivity index (χ0) is 17.8. The van der Waals surface area contributed by atoms with Gasteiger partial charge >= 0.3 is 0 Å². The highest BCUT2D eigenvalue weighted by Crippen LogP contribution is 2.19. The molecule has 1 fully saturated rings. The number of hydrogen-bond acceptors (Lipinski definition) is 7. The molecule has 1 N–H and O–H groups in total. The van der Waals surface area contributed by atoms with E-state index in [2.05, 4.69) is 25.2 Å². The lowest BCUT2D eigenvalue weighted by molar-refractivity contribution is 0.0746. The molecule has 1 aliphatic heterocycles. The maximum absolute atomic E-state index is 12.4. The van der Waals surface area contributed by atoms with Gasteiger partial charge in [-0.2, -0.15) is 0 Å². The highest BCUT2D eigenvalue weighted by atomic mass is 16.3. The number of anilines is 3. The number of hydrogen-bond donors (Lipinski definition) is 1. The van der Waals surface area contributed by atoms with Crippen molar-refractivity contribution in [2.75, 3.05) is 36.4 Å². The predicted octanol–water partition coefficient (Wildman–Crippen LogP) is 2.17. The molecule has 0 saturated carbocycles.